The summed E-state index contributed by atoms with van der Waals surface area (Å²) in [6.45, 7) is 5.83. The van der Waals surface area contributed by atoms with Crippen LogP contribution in [-0.4, -0.2) is 18.6 Å². The summed E-state index contributed by atoms with van der Waals surface area (Å²) in [6, 6.07) is 4.62. The zero-order chi connectivity index (χ0) is 12.8. The van der Waals surface area contributed by atoms with Crippen LogP contribution in [0.15, 0.2) is 18.2 Å². The fraction of sp³-hybridized carbons (Fsp3) is 0.462. The fourth-order valence-corrected chi connectivity index (χ4v) is 1.63. The lowest BCUT2D eigenvalue weighted by Crippen LogP contribution is -2.21. The number of anilines is 1. The van der Waals surface area contributed by atoms with Gasteiger partial charge in [0.05, 0.1) is 13.0 Å². The van der Waals surface area contributed by atoms with E-state index in [1.165, 1.54) is 12.1 Å². The van der Waals surface area contributed by atoms with Crippen molar-refractivity contribution in [3.05, 3.63) is 29.6 Å². The van der Waals surface area contributed by atoms with Crippen LogP contribution < -0.4 is 5.32 Å². The van der Waals surface area contributed by atoms with E-state index in [2.05, 4.69) is 5.32 Å². The summed E-state index contributed by atoms with van der Waals surface area (Å²) >= 11 is 0. The molecule has 1 aromatic carbocycles. The van der Waals surface area contributed by atoms with E-state index in [0.717, 1.165) is 5.56 Å². The van der Waals surface area contributed by atoms with Crippen molar-refractivity contribution in [3.8, 4) is 0 Å². The van der Waals surface area contributed by atoms with Crippen LogP contribution in [-0.2, 0) is 9.53 Å². The van der Waals surface area contributed by atoms with Crippen molar-refractivity contribution in [3.63, 3.8) is 0 Å². The van der Waals surface area contributed by atoms with Crippen LogP contribution >= 0.6 is 0 Å². The predicted molar refractivity (Wildman–Crippen MR) is 65.5 cm³/mol. The van der Waals surface area contributed by atoms with Gasteiger partial charge in [0.25, 0.3) is 0 Å². The second kappa shape index (κ2) is 6.23. The molecule has 0 saturated carbocycles. The minimum Gasteiger partial charge on any atom is -0.466 e. The summed E-state index contributed by atoms with van der Waals surface area (Å²) in [5, 5.41) is 3.07. The summed E-state index contributed by atoms with van der Waals surface area (Å²) in [4.78, 5) is 11.2. The van der Waals surface area contributed by atoms with E-state index >= 15 is 0 Å². The van der Waals surface area contributed by atoms with Gasteiger partial charge in [-0.1, -0.05) is 0 Å². The van der Waals surface area contributed by atoms with E-state index < -0.39 is 0 Å². The maximum atomic E-state index is 13.1. The zero-order valence-corrected chi connectivity index (χ0v) is 10.4. The molecule has 1 aromatic rings. The summed E-state index contributed by atoms with van der Waals surface area (Å²) in [7, 11) is 0. The highest BCUT2D eigenvalue weighted by Gasteiger charge is 2.10. The first kappa shape index (κ1) is 13.5. The molecule has 0 spiro atoms. The monoisotopic (exact) mass is 239 g/mol. The Labute approximate surface area is 101 Å². The molecule has 4 heteroatoms. The number of carbonyl (C=O) groups is 1. The molecule has 0 aliphatic carbocycles. The molecular weight excluding hydrogens is 221 g/mol. The highest BCUT2D eigenvalue weighted by atomic mass is 19.1. The van der Waals surface area contributed by atoms with Gasteiger partial charge in [-0.2, -0.15) is 0 Å². The van der Waals surface area contributed by atoms with Crippen LogP contribution in [0.25, 0.3) is 0 Å². The molecule has 0 heterocycles. The molecule has 3 nitrogen and oxygen atoms in total. The molecule has 1 N–H and O–H groups in total. The maximum Gasteiger partial charge on any atom is 0.307 e. The lowest BCUT2D eigenvalue weighted by molar-refractivity contribution is -0.143. The lowest BCUT2D eigenvalue weighted by Gasteiger charge is -2.14. The quantitative estimate of drug-likeness (QED) is 0.803. The van der Waals surface area contributed by atoms with E-state index in [1.807, 2.05) is 19.9 Å². The number of esters is 1. The van der Waals surface area contributed by atoms with Crippen LogP contribution in [0, 0.1) is 12.7 Å². The molecule has 1 atom stereocenters. The molecule has 0 fully saturated rings. The van der Waals surface area contributed by atoms with Crippen molar-refractivity contribution < 1.29 is 13.9 Å². The third-order valence-electron chi connectivity index (χ3n) is 2.23. The number of ether oxygens (including phenoxy) is 1. The Morgan fingerprint density at radius 1 is 1.47 bits per heavy atom. The number of hydrogen-bond donors (Lipinski definition) is 1. The van der Waals surface area contributed by atoms with Gasteiger partial charge in [-0.15, -0.1) is 0 Å². The molecule has 0 saturated heterocycles. The number of aryl methyl sites for hydroxylation is 1. The smallest absolute Gasteiger partial charge is 0.307 e. The molecule has 94 valence electrons. The molecule has 0 radical (unpaired) electrons. The third-order valence-corrected chi connectivity index (χ3v) is 2.23. The van der Waals surface area contributed by atoms with E-state index in [4.69, 9.17) is 4.74 Å². The van der Waals surface area contributed by atoms with Gasteiger partial charge in [-0.25, -0.2) is 4.39 Å². The van der Waals surface area contributed by atoms with Crippen molar-refractivity contribution in [1.82, 2.24) is 0 Å². The first-order chi connectivity index (χ1) is 8.01. The highest BCUT2D eigenvalue weighted by molar-refractivity contribution is 5.70. The number of nitrogens with one attached hydrogen (secondary N) is 1. The van der Waals surface area contributed by atoms with Crippen molar-refractivity contribution in [2.75, 3.05) is 11.9 Å². The van der Waals surface area contributed by atoms with Gasteiger partial charge in [0.15, 0.2) is 0 Å². The summed E-state index contributed by atoms with van der Waals surface area (Å²) in [5.74, 6) is -0.531. The van der Waals surface area contributed by atoms with E-state index in [0.29, 0.717) is 12.3 Å². The molecule has 0 amide bonds. The van der Waals surface area contributed by atoms with Gasteiger partial charge >= 0.3 is 5.97 Å². The molecule has 0 aliphatic heterocycles. The molecule has 1 unspecified atom stereocenters. The SMILES string of the molecule is CCOC(=O)CC(C)Nc1cc(C)cc(F)c1. The fourth-order valence-electron chi connectivity index (χ4n) is 1.63. The van der Waals surface area contributed by atoms with Crippen LogP contribution in [0.5, 0.6) is 0 Å². The number of hydrogen-bond acceptors (Lipinski definition) is 3. The average molecular weight is 239 g/mol. The molecular formula is C13H18FNO2. The number of carbonyl (C=O) groups excluding carboxylic acids is 1. The Hall–Kier alpha value is -1.58. The van der Waals surface area contributed by atoms with Crippen LogP contribution in [0.2, 0.25) is 0 Å². The van der Waals surface area contributed by atoms with E-state index in [9.17, 15) is 9.18 Å². The normalized spacial score (nSPS) is 12.0. The topological polar surface area (TPSA) is 38.3 Å². The van der Waals surface area contributed by atoms with Crippen LogP contribution in [0.4, 0.5) is 10.1 Å². The zero-order valence-electron chi connectivity index (χ0n) is 10.4. The first-order valence-electron chi connectivity index (χ1n) is 5.70. The minimum atomic E-state index is -0.282. The highest BCUT2D eigenvalue weighted by Crippen LogP contribution is 2.15. The molecule has 0 aromatic heterocycles. The Balaban J connectivity index is 2.55. The summed E-state index contributed by atoms with van der Waals surface area (Å²) < 4.78 is 18.0. The standard InChI is InChI=1S/C13H18FNO2/c1-4-17-13(16)7-10(3)15-12-6-9(2)5-11(14)8-12/h5-6,8,10,15H,4,7H2,1-3H3. The van der Waals surface area contributed by atoms with Gasteiger partial charge in [-0.05, 0) is 44.5 Å². The molecule has 1 rings (SSSR count). The largest absolute Gasteiger partial charge is 0.466 e. The van der Waals surface area contributed by atoms with Gasteiger partial charge < -0.3 is 10.1 Å². The van der Waals surface area contributed by atoms with Crippen LogP contribution in [0.3, 0.4) is 0 Å². The molecule has 0 bridgehead atoms. The van der Waals surface area contributed by atoms with E-state index in [-0.39, 0.29) is 24.2 Å². The molecule has 0 aliphatic rings. The predicted octanol–water partition coefficient (Wildman–Crippen LogP) is 2.89. The Bertz CT molecular complexity index is 373. The summed E-state index contributed by atoms with van der Waals surface area (Å²) in [6.07, 6.45) is 0.267. The van der Waals surface area contributed by atoms with Gasteiger partial charge in [-0.3, -0.25) is 4.79 Å². The second-order valence-corrected chi connectivity index (χ2v) is 4.07. The van der Waals surface area contributed by atoms with Gasteiger partial charge in [0.1, 0.15) is 5.82 Å². The number of halogens is 1. The number of rotatable bonds is 5. The molecule has 17 heavy (non-hydrogen) atoms. The van der Waals surface area contributed by atoms with Crippen molar-refractivity contribution in [2.24, 2.45) is 0 Å². The van der Waals surface area contributed by atoms with Crippen molar-refractivity contribution in [2.45, 2.75) is 33.2 Å². The Morgan fingerprint density at radius 3 is 2.76 bits per heavy atom. The van der Waals surface area contributed by atoms with Crippen molar-refractivity contribution >= 4 is 11.7 Å². The summed E-state index contributed by atoms with van der Waals surface area (Å²) in [5.41, 5.74) is 1.52. The van der Waals surface area contributed by atoms with Gasteiger partial charge in [0.2, 0.25) is 0 Å². The third kappa shape index (κ3) is 4.85. The lowest BCUT2D eigenvalue weighted by atomic mass is 10.2. The second-order valence-electron chi connectivity index (χ2n) is 4.07. The average Bonchev–Trinajstić information content (AvgIpc) is 2.14. The number of benzene rings is 1. The Morgan fingerprint density at radius 2 is 2.18 bits per heavy atom. The van der Waals surface area contributed by atoms with E-state index in [1.54, 1.807) is 6.92 Å². The van der Waals surface area contributed by atoms with Gasteiger partial charge in [0, 0.05) is 11.7 Å². The van der Waals surface area contributed by atoms with Crippen LogP contribution in [0.1, 0.15) is 25.8 Å². The first-order valence-corrected chi connectivity index (χ1v) is 5.70. The maximum absolute atomic E-state index is 13.1. The minimum absolute atomic E-state index is 0.0877. The van der Waals surface area contributed by atoms with Crippen molar-refractivity contribution in [1.29, 1.82) is 0 Å². The Kier molecular flexibility index (Phi) is 4.94.